The average molecular weight is 143 g/mol. The van der Waals surface area contributed by atoms with Crippen LogP contribution in [-0.2, 0) is 0 Å². The standard InChI is InChI=1S/C5H9N3O2/c6-5(3-8(9)10)7-4-1-2-4/h3-4,7H,1-2,6H2. The summed E-state index contributed by atoms with van der Waals surface area (Å²) < 4.78 is 0. The van der Waals surface area contributed by atoms with Crippen molar-refractivity contribution in [2.24, 2.45) is 5.73 Å². The van der Waals surface area contributed by atoms with Gasteiger partial charge in [0.05, 0.1) is 4.92 Å². The average Bonchev–Trinajstić information content (AvgIpc) is 2.46. The zero-order valence-electron chi connectivity index (χ0n) is 5.41. The maximum Gasteiger partial charge on any atom is 0.273 e. The van der Waals surface area contributed by atoms with Crippen LogP contribution in [0.4, 0.5) is 0 Å². The Kier molecular flexibility index (Phi) is 1.75. The number of nitrogens with zero attached hydrogens (tertiary/aromatic N) is 1. The molecule has 1 rings (SSSR count). The predicted molar refractivity (Wildman–Crippen MR) is 35.4 cm³/mol. The first-order valence-corrected chi connectivity index (χ1v) is 3.06. The zero-order chi connectivity index (χ0) is 7.56. The highest BCUT2D eigenvalue weighted by atomic mass is 16.6. The molecule has 0 aliphatic heterocycles. The van der Waals surface area contributed by atoms with Crippen molar-refractivity contribution >= 4 is 0 Å². The van der Waals surface area contributed by atoms with E-state index in [0.717, 1.165) is 19.0 Å². The number of hydrogen-bond donors (Lipinski definition) is 2. The molecule has 0 heterocycles. The minimum atomic E-state index is -0.565. The molecule has 0 spiro atoms. The molecular formula is C5H9N3O2. The lowest BCUT2D eigenvalue weighted by Gasteiger charge is -1.98. The summed E-state index contributed by atoms with van der Waals surface area (Å²) in [5.74, 6) is 0.146. The van der Waals surface area contributed by atoms with Crippen LogP contribution in [0.15, 0.2) is 12.0 Å². The van der Waals surface area contributed by atoms with Gasteiger partial charge in [-0.25, -0.2) is 0 Å². The van der Waals surface area contributed by atoms with Crippen molar-refractivity contribution in [3.8, 4) is 0 Å². The molecule has 5 heteroatoms. The van der Waals surface area contributed by atoms with Gasteiger partial charge in [-0.05, 0) is 12.8 Å². The van der Waals surface area contributed by atoms with Gasteiger partial charge in [0.2, 0.25) is 0 Å². The lowest BCUT2D eigenvalue weighted by atomic mass is 10.6. The molecule has 1 aliphatic carbocycles. The van der Waals surface area contributed by atoms with Gasteiger partial charge in [0.25, 0.3) is 6.20 Å². The van der Waals surface area contributed by atoms with Crippen molar-refractivity contribution in [3.63, 3.8) is 0 Å². The molecule has 0 aromatic carbocycles. The zero-order valence-corrected chi connectivity index (χ0v) is 5.41. The molecule has 3 N–H and O–H groups in total. The van der Waals surface area contributed by atoms with Crippen LogP contribution in [0.1, 0.15) is 12.8 Å². The lowest BCUT2D eigenvalue weighted by molar-refractivity contribution is -0.403. The van der Waals surface area contributed by atoms with Gasteiger partial charge in [-0.3, -0.25) is 10.1 Å². The summed E-state index contributed by atoms with van der Waals surface area (Å²) in [5, 5.41) is 12.6. The molecular weight excluding hydrogens is 134 g/mol. The van der Waals surface area contributed by atoms with Crippen LogP contribution in [0, 0.1) is 10.1 Å². The molecule has 1 saturated carbocycles. The van der Waals surface area contributed by atoms with Crippen molar-refractivity contribution in [1.29, 1.82) is 0 Å². The van der Waals surface area contributed by atoms with Crippen LogP contribution < -0.4 is 11.1 Å². The quantitative estimate of drug-likeness (QED) is 0.422. The van der Waals surface area contributed by atoms with E-state index in [1.165, 1.54) is 0 Å². The number of nitrogens with one attached hydrogen (secondary N) is 1. The summed E-state index contributed by atoms with van der Waals surface area (Å²) in [6, 6.07) is 0.371. The maximum absolute atomic E-state index is 9.82. The van der Waals surface area contributed by atoms with E-state index in [9.17, 15) is 10.1 Å². The minimum Gasteiger partial charge on any atom is -0.380 e. The van der Waals surface area contributed by atoms with Crippen LogP contribution in [0.25, 0.3) is 0 Å². The lowest BCUT2D eigenvalue weighted by Crippen LogP contribution is -2.22. The number of hydrogen-bond acceptors (Lipinski definition) is 4. The van der Waals surface area contributed by atoms with Crippen molar-refractivity contribution in [2.45, 2.75) is 18.9 Å². The molecule has 0 saturated heterocycles. The minimum absolute atomic E-state index is 0.146. The Hall–Kier alpha value is -1.26. The number of rotatable bonds is 3. The molecule has 1 aliphatic rings. The molecule has 0 bridgehead atoms. The van der Waals surface area contributed by atoms with E-state index in [-0.39, 0.29) is 5.82 Å². The van der Waals surface area contributed by atoms with Crippen LogP contribution >= 0.6 is 0 Å². The van der Waals surface area contributed by atoms with Gasteiger partial charge in [-0.1, -0.05) is 0 Å². The molecule has 56 valence electrons. The first-order valence-electron chi connectivity index (χ1n) is 3.06. The van der Waals surface area contributed by atoms with Gasteiger partial charge in [-0.15, -0.1) is 0 Å². The Bertz CT molecular complexity index is 174. The first kappa shape index (κ1) is 6.85. The highest BCUT2D eigenvalue weighted by Gasteiger charge is 2.21. The van der Waals surface area contributed by atoms with Crippen molar-refractivity contribution in [1.82, 2.24) is 5.32 Å². The topological polar surface area (TPSA) is 81.2 Å². The molecule has 0 radical (unpaired) electrons. The summed E-state index contributed by atoms with van der Waals surface area (Å²) >= 11 is 0. The van der Waals surface area contributed by atoms with Crippen LogP contribution in [0.3, 0.4) is 0 Å². The van der Waals surface area contributed by atoms with E-state index < -0.39 is 4.92 Å². The fourth-order valence-electron chi connectivity index (χ4n) is 0.614. The van der Waals surface area contributed by atoms with Gasteiger partial charge in [0, 0.05) is 6.04 Å². The summed E-state index contributed by atoms with van der Waals surface area (Å²) in [5.41, 5.74) is 5.22. The third-order valence-corrected chi connectivity index (χ3v) is 1.19. The monoisotopic (exact) mass is 143 g/mol. The fourth-order valence-corrected chi connectivity index (χ4v) is 0.614. The van der Waals surface area contributed by atoms with E-state index in [2.05, 4.69) is 5.32 Å². The number of nitro groups is 1. The molecule has 0 aromatic heterocycles. The molecule has 0 atom stereocenters. The summed E-state index contributed by atoms with van der Waals surface area (Å²) in [6.07, 6.45) is 2.90. The van der Waals surface area contributed by atoms with E-state index in [4.69, 9.17) is 5.73 Å². The molecule has 0 amide bonds. The SMILES string of the molecule is NC(=C[N+](=O)[O-])NC1CC1. The Morgan fingerprint density at radius 3 is 2.80 bits per heavy atom. The van der Waals surface area contributed by atoms with Gasteiger partial charge in [-0.2, -0.15) is 0 Å². The third-order valence-electron chi connectivity index (χ3n) is 1.19. The fraction of sp³-hybridized carbons (Fsp3) is 0.600. The Balaban J connectivity index is 2.30. The highest BCUT2D eigenvalue weighted by molar-refractivity contribution is 4.95. The Morgan fingerprint density at radius 2 is 2.40 bits per heavy atom. The van der Waals surface area contributed by atoms with E-state index in [0.29, 0.717) is 6.04 Å². The second-order valence-corrected chi connectivity index (χ2v) is 2.29. The molecule has 1 fully saturated rings. The first-order chi connectivity index (χ1) is 4.68. The largest absolute Gasteiger partial charge is 0.380 e. The van der Waals surface area contributed by atoms with Crippen molar-refractivity contribution in [3.05, 3.63) is 22.1 Å². The molecule has 0 unspecified atom stereocenters. The van der Waals surface area contributed by atoms with E-state index >= 15 is 0 Å². The van der Waals surface area contributed by atoms with Crippen molar-refractivity contribution in [2.75, 3.05) is 0 Å². The summed E-state index contributed by atoms with van der Waals surface area (Å²) in [7, 11) is 0. The van der Waals surface area contributed by atoms with Crippen molar-refractivity contribution < 1.29 is 4.92 Å². The molecule has 5 nitrogen and oxygen atoms in total. The Labute approximate surface area is 58.0 Å². The number of nitrogens with two attached hydrogens (primary N) is 1. The summed E-state index contributed by atoms with van der Waals surface area (Å²) in [6.45, 7) is 0. The predicted octanol–water partition coefficient (Wildman–Crippen LogP) is -0.227. The smallest absolute Gasteiger partial charge is 0.273 e. The van der Waals surface area contributed by atoms with Gasteiger partial charge in [0.1, 0.15) is 0 Å². The maximum atomic E-state index is 9.82. The van der Waals surface area contributed by atoms with Crippen LogP contribution in [0.5, 0.6) is 0 Å². The normalized spacial score (nSPS) is 18.6. The third kappa shape index (κ3) is 2.34. The second-order valence-electron chi connectivity index (χ2n) is 2.29. The van der Waals surface area contributed by atoms with Crippen LogP contribution in [0.2, 0.25) is 0 Å². The van der Waals surface area contributed by atoms with E-state index in [1.807, 2.05) is 0 Å². The van der Waals surface area contributed by atoms with Crippen LogP contribution in [-0.4, -0.2) is 11.0 Å². The van der Waals surface area contributed by atoms with Gasteiger partial charge >= 0.3 is 0 Å². The van der Waals surface area contributed by atoms with Gasteiger partial charge in [0.15, 0.2) is 5.82 Å². The Morgan fingerprint density at radius 1 is 1.80 bits per heavy atom. The highest BCUT2D eigenvalue weighted by Crippen LogP contribution is 2.18. The van der Waals surface area contributed by atoms with E-state index in [1.54, 1.807) is 0 Å². The van der Waals surface area contributed by atoms with Gasteiger partial charge < -0.3 is 11.1 Å². The molecule has 10 heavy (non-hydrogen) atoms. The second kappa shape index (κ2) is 2.55. The molecule has 0 aromatic rings. The summed E-state index contributed by atoms with van der Waals surface area (Å²) in [4.78, 5) is 9.26.